The lowest BCUT2D eigenvalue weighted by Crippen LogP contribution is -2.20. The SMILES string of the molecule is CCC1=C(NCc2ccccc2)C(c2ccccc2)C(C)C1=O. The lowest BCUT2D eigenvalue weighted by atomic mass is 9.88. The lowest BCUT2D eigenvalue weighted by molar-refractivity contribution is -0.118. The largest absolute Gasteiger partial charge is 0.383 e. The number of hydrogen-bond acceptors (Lipinski definition) is 2. The van der Waals surface area contributed by atoms with E-state index in [2.05, 4.69) is 36.5 Å². The summed E-state index contributed by atoms with van der Waals surface area (Å²) in [7, 11) is 0. The Kier molecular flexibility index (Phi) is 4.61. The average Bonchev–Trinajstić information content (AvgIpc) is 2.85. The first kappa shape index (κ1) is 15.5. The highest BCUT2D eigenvalue weighted by Crippen LogP contribution is 2.41. The molecule has 0 aliphatic heterocycles. The molecule has 2 aromatic carbocycles. The minimum absolute atomic E-state index is 0.00521. The average molecular weight is 305 g/mol. The minimum Gasteiger partial charge on any atom is -0.383 e. The van der Waals surface area contributed by atoms with Crippen LogP contribution in [-0.2, 0) is 11.3 Å². The van der Waals surface area contributed by atoms with Gasteiger partial charge in [0, 0.05) is 29.7 Å². The van der Waals surface area contributed by atoms with Gasteiger partial charge in [0.05, 0.1) is 0 Å². The molecular formula is C21H23NO. The van der Waals surface area contributed by atoms with Gasteiger partial charge in [-0.1, -0.05) is 74.5 Å². The zero-order chi connectivity index (χ0) is 16.2. The first-order valence-electron chi connectivity index (χ1n) is 8.32. The molecule has 0 amide bonds. The highest BCUT2D eigenvalue weighted by atomic mass is 16.1. The van der Waals surface area contributed by atoms with Gasteiger partial charge in [0.2, 0.25) is 0 Å². The van der Waals surface area contributed by atoms with Crippen LogP contribution in [0.2, 0.25) is 0 Å². The standard InChI is InChI=1S/C21H23NO/c1-3-18-20(22-14-16-10-6-4-7-11-16)19(15(2)21(18)23)17-12-8-5-9-13-17/h4-13,15,19,22H,3,14H2,1-2H3. The Morgan fingerprint density at radius 1 is 0.957 bits per heavy atom. The molecule has 0 saturated carbocycles. The van der Waals surface area contributed by atoms with E-state index < -0.39 is 0 Å². The number of benzene rings is 2. The van der Waals surface area contributed by atoms with E-state index >= 15 is 0 Å². The van der Waals surface area contributed by atoms with Crippen molar-refractivity contribution in [3.8, 4) is 0 Å². The molecule has 0 bridgehead atoms. The Morgan fingerprint density at radius 3 is 2.17 bits per heavy atom. The van der Waals surface area contributed by atoms with E-state index in [0.717, 1.165) is 24.2 Å². The van der Waals surface area contributed by atoms with E-state index in [1.807, 2.05) is 43.3 Å². The van der Waals surface area contributed by atoms with Gasteiger partial charge < -0.3 is 5.32 Å². The van der Waals surface area contributed by atoms with Gasteiger partial charge in [-0.25, -0.2) is 0 Å². The van der Waals surface area contributed by atoms with Crippen molar-refractivity contribution in [3.05, 3.63) is 83.1 Å². The fraction of sp³-hybridized carbons (Fsp3) is 0.286. The number of rotatable bonds is 5. The maximum atomic E-state index is 12.6. The van der Waals surface area contributed by atoms with Gasteiger partial charge in [-0.05, 0) is 17.5 Å². The summed E-state index contributed by atoms with van der Waals surface area (Å²) >= 11 is 0. The van der Waals surface area contributed by atoms with E-state index in [9.17, 15) is 4.79 Å². The maximum Gasteiger partial charge on any atom is 0.164 e. The summed E-state index contributed by atoms with van der Waals surface area (Å²) in [5.41, 5.74) is 4.52. The highest BCUT2D eigenvalue weighted by molar-refractivity contribution is 6.01. The summed E-state index contributed by atoms with van der Waals surface area (Å²) < 4.78 is 0. The Morgan fingerprint density at radius 2 is 1.57 bits per heavy atom. The van der Waals surface area contributed by atoms with Crippen molar-refractivity contribution in [1.82, 2.24) is 5.32 Å². The predicted molar refractivity (Wildman–Crippen MR) is 94.0 cm³/mol. The summed E-state index contributed by atoms with van der Waals surface area (Å²) in [5, 5.41) is 3.57. The van der Waals surface area contributed by atoms with Crippen molar-refractivity contribution in [1.29, 1.82) is 0 Å². The number of Topliss-reactive ketones (excluding diaryl/α,β-unsaturated/α-hetero) is 1. The quantitative estimate of drug-likeness (QED) is 0.884. The molecule has 2 nitrogen and oxygen atoms in total. The van der Waals surface area contributed by atoms with E-state index in [0.29, 0.717) is 0 Å². The molecule has 2 atom stereocenters. The van der Waals surface area contributed by atoms with E-state index in [1.165, 1.54) is 11.1 Å². The van der Waals surface area contributed by atoms with Crippen LogP contribution in [0.4, 0.5) is 0 Å². The normalized spacial score (nSPS) is 20.9. The fourth-order valence-corrected chi connectivity index (χ4v) is 3.49. The van der Waals surface area contributed by atoms with Crippen LogP contribution in [0.1, 0.15) is 37.3 Å². The van der Waals surface area contributed by atoms with E-state index in [4.69, 9.17) is 0 Å². The molecule has 1 N–H and O–H groups in total. The first-order chi connectivity index (χ1) is 11.2. The number of allylic oxidation sites excluding steroid dienone is 2. The van der Waals surface area contributed by atoms with Gasteiger partial charge >= 0.3 is 0 Å². The summed E-state index contributed by atoms with van der Waals surface area (Å²) in [6.07, 6.45) is 0.781. The molecule has 23 heavy (non-hydrogen) atoms. The number of ketones is 1. The van der Waals surface area contributed by atoms with Crippen LogP contribution in [0, 0.1) is 5.92 Å². The Bertz CT molecular complexity index is 703. The second-order valence-electron chi connectivity index (χ2n) is 6.13. The van der Waals surface area contributed by atoms with Gasteiger partial charge in [0.25, 0.3) is 0 Å². The zero-order valence-corrected chi connectivity index (χ0v) is 13.8. The lowest BCUT2D eigenvalue weighted by Gasteiger charge is -2.21. The third-order valence-electron chi connectivity index (χ3n) is 4.69. The summed E-state index contributed by atoms with van der Waals surface area (Å²) in [6, 6.07) is 20.7. The predicted octanol–water partition coefficient (Wildman–Crippen LogP) is 4.44. The molecule has 118 valence electrons. The highest BCUT2D eigenvalue weighted by Gasteiger charge is 2.38. The van der Waals surface area contributed by atoms with Crippen molar-refractivity contribution in [3.63, 3.8) is 0 Å². The van der Waals surface area contributed by atoms with Gasteiger partial charge in [-0.3, -0.25) is 4.79 Å². The van der Waals surface area contributed by atoms with E-state index in [-0.39, 0.29) is 17.6 Å². The summed E-state index contributed by atoms with van der Waals surface area (Å²) in [4.78, 5) is 12.6. The molecular weight excluding hydrogens is 282 g/mol. The second kappa shape index (κ2) is 6.82. The van der Waals surface area contributed by atoms with Crippen LogP contribution in [-0.4, -0.2) is 5.78 Å². The van der Waals surface area contributed by atoms with Crippen molar-refractivity contribution in [2.45, 2.75) is 32.7 Å². The van der Waals surface area contributed by atoms with E-state index in [1.54, 1.807) is 0 Å². The molecule has 0 heterocycles. The van der Waals surface area contributed by atoms with Crippen LogP contribution in [0.5, 0.6) is 0 Å². The van der Waals surface area contributed by atoms with Gasteiger partial charge in [-0.2, -0.15) is 0 Å². The van der Waals surface area contributed by atoms with Crippen LogP contribution in [0.3, 0.4) is 0 Å². The van der Waals surface area contributed by atoms with Crippen LogP contribution < -0.4 is 5.32 Å². The number of nitrogens with one attached hydrogen (secondary N) is 1. The third-order valence-corrected chi connectivity index (χ3v) is 4.69. The Labute approximate surface area is 138 Å². The molecule has 0 fully saturated rings. The Balaban J connectivity index is 1.91. The second-order valence-corrected chi connectivity index (χ2v) is 6.13. The molecule has 0 aromatic heterocycles. The van der Waals surface area contributed by atoms with Crippen molar-refractivity contribution in [2.24, 2.45) is 5.92 Å². The Hall–Kier alpha value is -2.35. The molecule has 2 unspecified atom stereocenters. The van der Waals surface area contributed by atoms with Gasteiger partial charge in [-0.15, -0.1) is 0 Å². The van der Waals surface area contributed by atoms with Crippen molar-refractivity contribution < 1.29 is 4.79 Å². The first-order valence-corrected chi connectivity index (χ1v) is 8.32. The number of hydrogen-bond donors (Lipinski definition) is 1. The molecule has 0 radical (unpaired) electrons. The third kappa shape index (κ3) is 3.07. The monoisotopic (exact) mass is 305 g/mol. The maximum absolute atomic E-state index is 12.6. The molecule has 0 saturated heterocycles. The topological polar surface area (TPSA) is 29.1 Å². The minimum atomic E-state index is 0.00521. The van der Waals surface area contributed by atoms with Gasteiger partial charge in [0.15, 0.2) is 5.78 Å². The molecule has 1 aliphatic rings. The molecule has 0 spiro atoms. The van der Waals surface area contributed by atoms with Crippen molar-refractivity contribution in [2.75, 3.05) is 0 Å². The number of carbonyl (C=O) groups excluding carboxylic acids is 1. The fourth-order valence-electron chi connectivity index (χ4n) is 3.49. The van der Waals surface area contributed by atoms with Crippen LogP contribution >= 0.6 is 0 Å². The summed E-state index contributed by atoms with van der Waals surface area (Å²) in [6.45, 7) is 4.87. The van der Waals surface area contributed by atoms with Crippen LogP contribution in [0.25, 0.3) is 0 Å². The van der Waals surface area contributed by atoms with Crippen molar-refractivity contribution >= 4 is 5.78 Å². The molecule has 1 aliphatic carbocycles. The van der Waals surface area contributed by atoms with Gasteiger partial charge in [0.1, 0.15) is 0 Å². The summed E-state index contributed by atoms with van der Waals surface area (Å²) in [5.74, 6) is 0.435. The molecule has 3 rings (SSSR count). The molecule has 2 aromatic rings. The number of carbonyl (C=O) groups is 1. The smallest absolute Gasteiger partial charge is 0.164 e. The molecule has 2 heteroatoms. The van der Waals surface area contributed by atoms with Crippen LogP contribution in [0.15, 0.2) is 71.9 Å². The zero-order valence-electron chi connectivity index (χ0n) is 13.8.